The van der Waals surface area contributed by atoms with Gasteiger partial charge in [-0.25, -0.2) is 9.67 Å². The zero-order chi connectivity index (χ0) is 16.4. The molecular formula is C16H21N5O2. The van der Waals surface area contributed by atoms with Gasteiger partial charge in [-0.1, -0.05) is 0 Å². The zero-order valence-corrected chi connectivity index (χ0v) is 13.7. The van der Waals surface area contributed by atoms with Gasteiger partial charge in [0, 0.05) is 42.8 Å². The minimum absolute atomic E-state index is 0.144. The maximum Gasteiger partial charge on any atom is 0.222 e. The number of nitrogens with zero attached hydrogens (tertiary/aromatic N) is 4. The topological polar surface area (TPSA) is 81.4 Å². The summed E-state index contributed by atoms with van der Waals surface area (Å²) in [6.07, 6.45) is 2.77. The van der Waals surface area contributed by atoms with Crippen LogP contribution >= 0.6 is 0 Å². The van der Waals surface area contributed by atoms with E-state index in [9.17, 15) is 4.79 Å². The number of rotatable bonds is 4. The highest BCUT2D eigenvalue weighted by molar-refractivity contribution is 5.91. The molecule has 1 amide bonds. The van der Waals surface area contributed by atoms with Crippen LogP contribution in [0.4, 0.5) is 5.82 Å². The third-order valence-corrected chi connectivity index (χ3v) is 4.10. The molecule has 2 aromatic rings. The number of carbonyl (C=O) groups excluding carboxylic acids is 1. The van der Waals surface area contributed by atoms with E-state index in [0.717, 1.165) is 41.9 Å². The summed E-state index contributed by atoms with van der Waals surface area (Å²) in [6.45, 7) is 7.47. The Hall–Kier alpha value is -2.28. The number of amides is 1. The number of anilines is 1. The van der Waals surface area contributed by atoms with Gasteiger partial charge in [0.15, 0.2) is 0 Å². The lowest BCUT2D eigenvalue weighted by molar-refractivity contribution is -0.114. The molecule has 0 saturated carbocycles. The van der Waals surface area contributed by atoms with E-state index in [-0.39, 0.29) is 5.91 Å². The Kier molecular flexibility index (Phi) is 4.38. The molecule has 7 nitrogen and oxygen atoms in total. The molecule has 7 heteroatoms. The van der Waals surface area contributed by atoms with E-state index in [4.69, 9.17) is 4.74 Å². The molecule has 1 aliphatic heterocycles. The van der Waals surface area contributed by atoms with Crippen LogP contribution in [0.25, 0.3) is 10.9 Å². The van der Waals surface area contributed by atoms with Gasteiger partial charge in [0.25, 0.3) is 0 Å². The number of hydrogen-bond donors (Lipinski definition) is 1. The Labute approximate surface area is 134 Å². The van der Waals surface area contributed by atoms with Crippen molar-refractivity contribution in [2.75, 3.05) is 18.5 Å². The van der Waals surface area contributed by atoms with E-state index in [1.165, 1.54) is 6.92 Å². The molecule has 0 bridgehead atoms. The van der Waals surface area contributed by atoms with E-state index in [1.54, 1.807) is 6.20 Å². The van der Waals surface area contributed by atoms with Crippen LogP contribution in [0, 0.1) is 12.8 Å². The average molecular weight is 315 g/mol. The molecule has 1 unspecified atom stereocenters. The lowest BCUT2D eigenvalue weighted by atomic mass is 10.0. The first-order chi connectivity index (χ1) is 11.0. The van der Waals surface area contributed by atoms with E-state index in [1.807, 2.05) is 24.6 Å². The highest BCUT2D eigenvalue weighted by Gasteiger charge is 2.18. The van der Waals surface area contributed by atoms with Crippen LogP contribution in [-0.2, 0) is 16.2 Å². The molecule has 3 rings (SSSR count). The molecule has 1 N–H and O–H groups in total. The second-order valence-corrected chi connectivity index (χ2v) is 5.85. The van der Waals surface area contributed by atoms with Gasteiger partial charge in [0.05, 0.1) is 17.8 Å². The first kappa shape index (κ1) is 15.6. The first-order valence-electron chi connectivity index (χ1n) is 7.74. The van der Waals surface area contributed by atoms with Gasteiger partial charge in [0.1, 0.15) is 12.5 Å². The predicted molar refractivity (Wildman–Crippen MR) is 88.6 cm³/mol. The molecular weight excluding hydrogens is 294 g/mol. The Balaban J connectivity index is 1.87. The second-order valence-electron chi connectivity index (χ2n) is 5.85. The minimum atomic E-state index is -0.144. The quantitative estimate of drug-likeness (QED) is 0.877. The average Bonchev–Trinajstić information content (AvgIpc) is 3.13. The number of aryl methyl sites for hydroxylation is 1. The van der Waals surface area contributed by atoms with Gasteiger partial charge in [-0.2, -0.15) is 5.10 Å². The fourth-order valence-electron chi connectivity index (χ4n) is 2.75. The summed E-state index contributed by atoms with van der Waals surface area (Å²) in [5.74, 6) is 0.792. The SMILES string of the molecule is CC(=O)Nc1cc2c(cn1)c(C)nn2C/N=C(\C)C1CCOC1. The first-order valence-corrected chi connectivity index (χ1v) is 7.74. The molecule has 0 aliphatic carbocycles. The highest BCUT2D eigenvalue weighted by atomic mass is 16.5. The molecule has 0 radical (unpaired) electrons. The van der Waals surface area contributed by atoms with E-state index < -0.39 is 0 Å². The van der Waals surface area contributed by atoms with Gasteiger partial charge in [-0.05, 0) is 20.3 Å². The fourth-order valence-corrected chi connectivity index (χ4v) is 2.75. The molecule has 122 valence electrons. The highest BCUT2D eigenvalue weighted by Crippen LogP contribution is 2.21. The van der Waals surface area contributed by atoms with Crippen LogP contribution in [0.3, 0.4) is 0 Å². The normalized spacial score (nSPS) is 18.6. The molecule has 23 heavy (non-hydrogen) atoms. The number of ether oxygens (including phenoxy) is 1. The largest absolute Gasteiger partial charge is 0.381 e. The lowest BCUT2D eigenvalue weighted by Crippen LogP contribution is -2.12. The molecule has 1 aliphatic rings. The molecule has 1 atom stereocenters. The van der Waals surface area contributed by atoms with Crippen LogP contribution in [0.1, 0.15) is 26.0 Å². The van der Waals surface area contributed by atoms with Crippen molar-refractivity contribution in [1.82, 2.24) is 14.8 Å². The summed E-state index contributed by atoms with van der Waals surface area (Å²) in [5, 5.41) is 8.20. The van der Waals surface area contributed by atoms with Crippen LogP contribution < -0.4 is 5.32 Å². The minimum Gasteiger partial charge on any atom is -0.381 e. The molecule has 2 aromatic heterocycles. The summed E-state index contributed by atoms with van der Waals surface area (Å²) in [6, 6.07) is 1.83. The molecule has 0 aromatic carbocycles. The van der Waals surface area contributed by atoms with Crippen LogP contribution in [-0.4, -0.2) is 39.6 Å². The number of fused-ring (bicyclic) bond motifs is 1. The van der Waals surface area contributed by atoms with Crippen molar-refractivity contribution < 1.29 is 9.53 Å². The Morgan fingerprint density at radius 1 is 1.52 bits per heavy atom. The van der Waals surface area contributed by atoms with Crippen molar-refractivity contribution in [3.8, 4) is 0 Å². The maximum absolute atomic E-state index is 11.2. The molecule has 1 saturated heterocycles. The number of carbonyl (C=O) groups is 1. The van der Waals surface area contributed by atoms with Gasteiger partial charge >= 0.3 is 0 Å². The van der Waals surface area contributed by atoms with Crippen LogP contribution in [0.5, 0.6) is 0 Å². The summed E-state index contributed by atoms with van der Waals surface area (Å²) in [5.41, 5.74) is 2.92. The Bertz CT molecular complexity index is 759. The summed E-state index contributed by atoms with van der Waals surface area (Å²) >= 11 is 0. The Morgan fingerprint density at radius 2 is 2.35 bits per heavy atom. The van der Waals surface area contributed by atoms with Gasteiger partial charge in [-0.3, -0.25) is 9.79 Å². The van der Waals surface area contributed by atoms with Crippen molar-refractivity contribution in [2.45, 2.75) is 33.9 Å². The number of aromatic nitrogens is 3. The summed E-state index contributed by atoms with van der Waals surface area (Å²) in [4.78, 5) is 20.1. The second kappa shape index (κ2) is 6.45. The van der Waals surface area contributed by atoms with E-state index in [0.29, 0.717) is 18.4 Å². The number of aliphatic imine (C=N–C) groups is 1. The van der Waals surface area contributed by atoms with Crippen molar-refractivity contribution in [1.29, 1.82) is 0 Å². The lowest BCUT2D eigenvalue weighted by Gasteiger charge is -2.08. The summed E-state index contributed by atoms with van der Waals surface area (Å²) in [7, 11) is 0. The zero-order valence-electron chi connectivity index (χ0n) is 13.7. The molecule has 0 spiro atoms. The Morgan fingerprint density at radius 3 is 3.04 bits per heavy atom. The number of nitrogens with one attached hydrogen (secondary N) is 1. The van der Waals surface area contributed by atoms with Crippen molar-refractivity contribution in [2.24, 2.45) is 10.9 Å². The molecule has 1 fully saturated rings. The van der Waals surface area contributed by atoms with Crippen molar-refractivity contribution >= 4 is 28.3 Å². The summed E-state index contributed by atoms with van der Waals surface area (Å²) < 4.78 is 7.25. The van der Waals surface area contributed by atoms with Crippen LogP contribution in [0.15, 0.2) is 17.3 Å². The fraction of sp³-hybridized carbons (Fsp3) is 0.500. The number of pyridine rings is 1. The van der Waals surface area contributed by atoms with Gasteiger partial charge in [0.2, 0.25) is 5.91 Å². The van der Waals surface area contributed by atoms with Crippen LogP contribution in [0.2, 0.25) is 0 Å². The maximum atomic E-state index is 11.2. The van der Waals surface area contributed by atoms with E-state index >= 15 is 0 Å². The third kappa shape index (κ3) is 3.39. The standard InChI is InChI=1S/C16H21N5O2/c1-10(13-4-5-23-8-13)18-9-21-15-6-16(19-12(3)22)17-7-14(15)11(2)20-21/h6-7,13H,4-5,8-9H2,1-3H3,(H,17,19,22)/b18-10+. The van der Waals surface area contributed by atoms with Gasteiger partial charge in [-0.15, -0.1) is 0 Å². The number of hydrogen-bond acceptors (Lipinski definition) is 5. The van der Waals surface area contributed by atoms with E-state index in [2.05, 4.69) is 20.4 Å². The smallest absolute Gasteiger partial charge is 0.222 e. The molecule has 3 heterocycles. The third-order valence-electron chi connectivity index (χ3n) is 4.10. The van der Waals surface area contributed by atoms with Crippen molar-refractivity contribution in [3.05, 3.63) is 18.0 Å². The monoisotopic (exact) mass is 315 g/mol. The van der Waals surface area contributed by atoms with Gasteiger partial charge < -0.3 is 10.1 Å². The van der Waals surface area contributed by atoms with Crippen molar-refractivity contribution in [3.63, 3.8) is 0 Å². The predicted octanol–water partition coefficient (Wildman–Crippen LogP) is 2.15.